The Morgan fingerprint density at radius 1 is 1.46 bits per heavy atom. The first-order chi connectivity index (χ1) is 6.03. The van der Waals surface area contributed by atoms with Crippen LogP contribution in [0.25, 0.3) is 0 Å². The molecule has 0 amide bonds. The van der Waals surface area contributed by atoms with E-state index >= 15 is 0 Å². The highest BCUT2D eigenvalue weighted by atomic mass is 16.3. The Morgan fingerprint density at radius 3 is 2.46 bits per heavy atom. The molecular weight excluding hydrogens is 164 g/mol. The summed E-state index contributed by atoms with van der Waals surface area (Å²) in [5.41, 5.74) is 0.599. The summed E-state index contributed by atoms with van der Waals surface area (Å²) >= 11 is 0. The van der Waals surface area contributed by atoms with E-state index in [1.54, 1.807) is 0 Å². The highest BCUT2D eigenvalue weighted by molar-refractivity contribution is 5.62. The maximum atomic E-state index is 10.4. The molecule has 2 heteroatoms. The summed E-state index contributed by atoms with van der Waals surface area (Å²) < 4.78 is 0. The van der Waals surface area contributed by atoms with E-state index in [2.05, 4.69) is 6.92 Å². The fourth-order valence-electron chi connectivity index (χ4n) is 1.11. The number of aliphatic hydroxyl groups is 1. The van der Waals surface area contributed by atoms with Crippen molar-refractivity contribution in [2.24, 2.45) is 0 Å². The number of hydrogen-bond acceptors (Lipinski definition) is 2. The molecule has 1 N–H and O–H groups in total. The van der Waals surface area contributed by atoms with E-state index in [-0.39, 0.29) is 0 Å². The standard InChI is InChI=1S/C11H13O2/c1-9-3-5-10(6-4-9)7-11(2,13)8-12/h3-6,8,13H,1,7H2,2H3. The van der Waals surface area contributed by atoms with Crippen LogP contribution in [0, 0.1) is 6.92 Å². The Kier molecular flexibility index (Phi) is 2.83. The molecule has 1 aromatic rings. The Balaban J connectivity index is 2.75. The summed E-state index contributed by atoms with van der Waals surface area (Å²) in [6.45, 7) is 5.24. The first-order valence-corrected chi connectivity index (χ1v) is 4.13. The van der Waals surface area contributed by atoms with Crippen molar-refractivity contribution in [3.8, 4) is 0 Å². The molecule has 1 rings (SSSR count). The summed E-state index contributed by atoms with van der Waals surface area (Å²) in [5, 5.41) is 9.46. The Labute approximate surface area is 78.2 Å². The molecule has 0 saturated carbocycles. The van der Waals surface area contributed by atoms with Gasteiger partial charge in [-0.3, -0.25) is 0 Å². The van der Waals surface area contributed by atoms with Crippen LogP contribution in [0.5, 0.6) is 0 Å². The highest BCUT2D eigenvalue weighted by Crippen LogP contribution is 2.11. The Morgan fingerprint density at radius 2 is 2.00 bits per heavy atom. The zero-order valence-corrected chi connectivity index (χ0v) is 7.66. The average molecular weight is 177 g/mol. The zero-order valence-electron chi connectivity index (χ0n) is 7.66. The molecule has 0 aliphatic carbocycles. The van der Waals surface area contributed by atoms with E-state index in [1.807, 2.05) is 24.3 Å². The van der Waals surface area contributed by atoms with Crippen LogP contribution in [-0.2, 0) is 11.2 Å². The quantitative estimate of drug-likeness (QED) is 0.708. The third-order valence-electron chi connectivity index (χ3n) is 1.84. The minimum absolute atomic E-state index is 0.344. The van der Waals surface area contributed by atoms with E-state index in [0.29, 0.717) is 12.7 Å². The molecule has 1 atom stereocenters. The predicted molar refractivity (Wildman–Crippen MR) is 51.3 cm³/mol. The van der Waals surface area contributed by atoms with E-state index in [1.165, 1.54) is 6.92 Å². The molecule has 0 aliphatic heterocycles. The summed E-state index contributed by atoms with van der Waals surface area (Å²) in [6, 6.07) is 7.44. The molecule has 0 saturated heterocycles. The van der Waals surface area contributed by atoms with Gasteiger partial charge in [-0.25, -0.2) is 0 Å². The number of hydrogen-bond donors (Lipinski definition) is 1. The molecule has 0 heterocycles. The molecule has 0 bridgehead atoms. The van der Waals surface area contributed by atoms with Crippen LogP contribution in [0.2, 0.25) is 0 Å². The molecule has 0 aliphatic rings. The molecule has 0 aromatic heterocycles. The maximum absolute atomic E-state index is 10.4. The summed E-state index contributed by atoms with van der Waals surface area (Å²) in [7, 11) is 0. The number of aldehydes is 1. The van der Waals surface area contributed by atoms with Gasteiger partial charge in [0.1, 0.15) is 5.60 Å². The van der Waals surface area contributed by atoms with Crippen molar-refractivity contribution >= 4 is 6.29 Å². The molecule has 0 spiro atoms. The maximum Gasteiger partial charge on any atom is 0.151 e. The predicted octanol–water partition coefficient (Wildman–Crippen LogP) is 1.36. The summed E-state index contributed by atoms with van der Waals surface area (Å²) in [6.07, 6.45) is 0.905. The van der Waals surface area contributed by atoms with Gasteiger partial charge < -0.3 is 9.90 Å². The molecule has 69 valence electrons. The lowest BCUT2D eigenvalue weighted by atomic mass is 9.98. The largest absolute Gasteiger partial charge is 0.382 e. The minimum Gasteiger partial charge on any atom is -0.382 e. The minimum atomic E-state index is -1.26. The lowest BCUT2D eigenvalue weighted by Gasteiger charge is -2.15. The van der Waals surface area contributed by atoms with Gasteiger partial charge >= 0.3 is 0 Å². The van der Waals surface area contributed by atoms with Gasteiger partial charge in [0, 0.05) is 6.42 Å². The van der Waals surface area contributed by atoms with Crippen molar-refractivity contribution in [3.05, 3.63) is 42.3 Å². The normalized spacial score (nSPS) is 15.0. The zero-order chi connectivity index (χ0) is 9.90. The molecule has 0 fully saturated rings. The van der Waals surface area contributed by atoms with Crippen molar-refractivity contribution in [2.75, 3.05) is 0 Å². The van der Waals surface area contributed by atoms with Gasteiger partial charge in [0.05, 0.1) is 0 Å². The second kappa shape index (κ2) is 3.71. The van der Waals surface area contributed by atoms with Crippen molar-refractivity contribution in [2.45, 2.75) is 18.9 Å². The molecule has 1 radical (unpaired) electrons. The van der Waals surface area contributed by atoms with Crippen LogP contribution in [-0.4, -0.2) is 17.0 Å². The van der Waals surface area contributed by atoms with Crippen LogP contribution >= 0.6 is 0 Å². The Hall–Kier alpha value is -1.15. The van der Waals surface area contributed by atoms with E-state index in [0.717, 1.165) is 11.1 Å². The van der Waals surface area contributed by atoms with E-state index < -0.39 is 5.60 Å². The van der Waals surface area contributed by atoms with Crippen LogP contribution in [0.3, 0.4) is 0 Å². The van der Waals surface area contributed by atoms with Crippen LogP contribution in [0.4, 0.5) is 0 Å². The number of carbonyl (C=O) groups is 1. The first kappa shape index (κ1) is 9.93. The number of carbonyl (C=O) groups excluding carboxylic acids is 1. The average Bonchev–Trinajstić information content (AvgIpc) is 2.09. The molecule has 1 unspecified atom stereocenters. The number of benzene rings is 1. The summed E-state index contributed by atoms with van der Waals surface area (Å²) in [5.74, 6) is 0. The summed E-state index contributed by atoms with van der Waals surface area (Å²) in [4.78, 5) is 10.4. The SMILES string of the molecule is [CH2]c1ccc(CC(C)(O)C=O)cc1. The molecule has 1 aromatic carbocycles. The lowest BCUT2D eigenvalue weighted by Crippen LogP contribution is -2.28. The van der Waals surface area contributed by atoms with Crippen molar-refractivity contribution in [3.63, 3.8) is 0 Å². The third-order valence-corrected chi connectivity index (χ3v) is 1.84. The smallest absolute Gasteiger partial charge is 0.151 e. The van der Waals surface area contributed by atoms with E-state index in [4.69, 9.17) is 0 Å². The van der Waals surface area contributed by atoms with E-state index in [9.17, 15) is 9.90 Å². The molecule has 2 nitrogen and oxygen atoms in total. The van der Waals surface area contributed by atoms with Gasteiger partial charge in [0.25, 0.3) is 0 Å². The van der Waals surface area contributed by atoms with Crippen molar-refractivity contribution in [1.82, 2.24) is 0 Å². The fraction of sp³-hybridized carbons (Fsp3) is 0.273. The number of rotatable bonds is 3. The van der Waals surface area contributed by atoms with Crippen molar-refractivity contribution < 1.29 is 9.90 Å². The first-order valence-electron chi connectivity index (χ1n) is 4.13. The second-order valence-corrected chi connectivity index (χ2v) is 3.47. The van der Waals surface area contributed by atoms with Gasteiger partial charge in [-0.05, 0) is 25.0 Å². The van der Waals surface area contributed by atoms with Crippen molar-refractivity contribution in [1.29, 1.82) is 0 Å². The second-order valence-electron chi connectivity index (χ2n) is 3.47. The fourth-order valence-corrected chi connectivity index (χ4v) is 1.11. The lowest BCUT2D eigenvalue weighted by molar-refractivity contribution is -0.122. The van der Waals surface area contributed by atoms with Gasteiger partial charge in [0.15, 0.2) is 6.29 Å². The van der Waals surface area contributed by atoms with Gasteiger partial charge in [0.2, 0.25) is 0 Å². The van der Waals surface area contributed by atoms with Crippen LogP contribution in [0.1, 0.15) is 18.1 Å². The van der Waals surface area contributed by atoms with Gasteiger partial charge in [-0.2, -0.15) is 0 Å². The topological polar surface area (TPSA) is 37.3 Å². The Bertz CT molecular complexity index is 285. The molecule has 13 heavy (non-hydrogen) atoms. The highest BCUT2D eigenvalue weighted by Gasteiger charge is 2.18. The molecular formula is C11H13O2. The van der Waals surface area contributed by atoms with Crippen LogP contribution < -0.4 is 0 Å². The van der Waals surface area contributed by atoms with Gasteiger partial charge in [-0.15, -0.1) is 0 Å². The van der Waals surface area contributed by atoms with Gasteiger partial charge in [-0.1, -0.05) is 24.3 Å². The third kappa shape index (κ3) is 2.99. The van der Waals surface area contributed by atoms with Crippen LogP contribution in [0.15, 0.2) is 24.3 Å². The monoisotopic (exact) mass is 177 g/mol.